The largest absolute Gasteiger partial charge is 0.349 e. The molecule has 1 aliphatic heterocycles. The van der Waals surface area contributed by atoms with Gasteiger partial charge >= 0.3 is 0 Å². The summed E-state index contributed by atoms with van der Waals surface area (Å²) in [4.78, 5) is 25.0. The molecule has 0 saturated heterocycles. The lowest BCUT2D eigenvalue weighted by atomic mass is 9.78. The maximum atomic E-state index is 12.5. The quantitative estimate of drug-likeness (QED) is 0.880. The molecule has 1 saturated carbocycles. The standard InChI is InChI=1S/C17H22N2O2S/c1-10-4-3-5-13(11(10)2)19-17(21)12-6-7-15-14(8-12)18-16(20)9-22-15/h6-8,10-11,13H,3-5,9H2,1-2H3,(H,18,20)(H,19,21)/t10-,11-,13+/m1/s1. The number of carbonyl (C=O) groups excluding carboxylic acids is 2. The van der Waals surface area contributed by atoms with E-state index in [4.69, 9.17) is 0 Å². The Labute approximate surface area is 135 Å². The van der Waals surface area contributed by atoms with Crippen LogP contribution >= 0.6 is 11.8 Å². The summed E-state index contributed by atoms with van der Waals surface area (Å²) in [5.41, 5.74) is 1.37. The maximum Gasteiger partial charge on any atom is 0.251 e. The number of benzene rings is 1. The molecule has 0 bridgehead atoms. The molecule has 1 aromatic carbocycles. The van der Waals surface area contributed by atoms with E-state index in [1.165, 1.54) is 24.6 Å². The van der Waals surface area contributed by atoms with Crippen LogP contribution in [-0.4, -0.2) is 23.6 Å². The molecule has 1 heterocycles. The fraction of sp³-hybridized carbons (Fsp3) is 0.529. The molecule has 118 valence electrons. The Balaban J connectivity index is 1.72. The third kappa shape index (κ3) is 3.14. The molecule has 2 N–H and O–H groups in total. The van der Waals surface area contributed by atoms with E-state index in [1.807, 2.05) is 12.1 Å². The van der Waals surface area contributed by atoms with Crippen molar-refractivity contribution in [1.82, 2.24) is 5.32 Å². The van der Waals surface area contributed by atoms with Gasteiger partial charge < -0.3 is 10.6 Å². The number of rotatable bonds is 2. The van der Waals surface area contributed by atoms with Crippen LogP contribution < -0.4 is 10.6 Å². The fourth-order valence-electron chi connectivity index (χ4n) is 3.26. The van der Waals surface area contributed by atoms with Crippen molar-refractivity contribution in [3.05, 3.63) is 23.8 Å². The van der Waals surface area contributed by atoms with Gasteiger partial charge in [0.25, 0.3) is 5.91 Å². The number of amides is 2. The molecular weight excluding hydrogens is 296 g/mol. The number of nitrogens with one attached hydrogen (secondary N) is 2. The number of carbonyl (C=O) groups is 2. The van der Waals surface area contributed by atoms with Crippen LogP contribution in [0.1, 0.15) is 43.5 Å². The summed E-state index contributed by atoms with van der Waals surface area (Å²) in [6.07, 6.45) is 3.47. The van der Waals surface area contributed by atoms with E-state index in [2.05, 4.69) is 24.5 Å². The summed E-state index contributed by atoms with van der Waals surface area (Å²) in [6.45, 7) is 4.48. The first-order valence-corrected chi connectivity index (χ1v) is 8.90. The molecule has 1 aromatic rings. The molecule has 4 nitrogen and oxygen atoms in total. The Morgan fingerprint density at radius 2 is 2.14 bits per heavy atom. The van der Waals surface area contributed by atoms with Crippen LogP contribution in [-0.2, 0) is 4.79 Å². The summed E-state index contributed by atoms with van der Waals surface area (Å²) in [5, 5.41) is 6.01. The van der Waals surface area contributed by atoms with Crippen LogP contribution in [0, 0.1) is 11.8 Å². The Morgan fingerprint density at radius 3 is 2.95 bits per heavy atom. The zero-order valence-corrected chi connectivity index (χ0v) is 13.8. The third-order valence-corrected chi connectivity index (χ3v) is 5.97. The molecule has 2 aliphatic rings. The first-order chi connectivity index (χ1) is 10.5. The summed E-state index contributed by atoms with van der Waals surface area (Å²) >= 11 is 1.51. The number of fused-ring (bicyclic) bond motifs is 1. The topological polar surface area (TPSA) is 58.2 Å². The van der Waals surface area contributed by atoms with Gasteiger partial charge in [0.2, 0.25) is 5.91 Å². The van der Waals surface area contributed by atoms with Crippen LogP contribution in [0.4, 0.5) is 5.69 Å². The lowest BCUT2D eigenvalue weighted by Crippen LogP contribution is -2.43. The van der Waals surface area contributed by atoms with Gasteiger partial charge in [0, 0.05) is 16.5 Å². The number of thioether (sulfide) groups is 1. The van der Waals surface area contributed by atoms with Gasteiger partial charge in [0.15, 0.2) is 0 Å². The molecule has 2 amide bonds. The molecule has 0 radical (unpaired) electrons. The SMILES string of the molecule is C[C@@H]1[C@H](C)CCC[C@@H]1NC(=O)c1ccc2c(c1)NC(=O)CS2. The van der Waals surface area contributed by atoms with Crippen molar-refractivity contribution < 1.29 is 9.59 Å². The zero-order chi connectivity index (χ0) is 15.7. The zero-order valence-electron chi connectivity index (χ0n) is 13.0. The van der Waals surface area contributed by atoms with E-state index in [0.29, 0.717) is 23.2 Å². The van der Waals surface area contributed by atoms with Crippen LogP contribution in [0.5, 0.6) is 0 Å². The predicted octanol–water partition coefficient (Wildman–Crippen LogP) is 3.29. The van der Waals surface area contributed by atoms with E-state index in [9.17, 15) is 9.59 Å². The minimum Gasteiger partial charge on any atom is -0.349 e. The number of hydrogen-bond donors (Lipinski definition) is 2. The van der Waals surface area contributed by atoms with Crippen molar-refractivity contribution in [3.63, 3.8) is 0 Å². The van der Waals surface area contributed by atoms with Crippen molar-refractivity contribution in [2.24, 2.45) is 11.8 Å². The van der Waals surface area contributed by atoms with Crippen LogP contribution in [0.25, 0.3) is 0 Å². The van der Waals surface area contributed by atoms with E-state index in [0.717, 1.165) is 17.0 Å². The molecule has 0 spiro atoms. The highest BCUT2D eigenvalue weighted by molar-refractivity contribution is 8.00. The van der Waals surface area contributed by atoms with Gasteiger partial charge in [-0.3, -0.25) is 9.59 Å². The van der Waals surface area contributed by atoms with Crippen molar-refractivity contribution in [2.45, 2.75) is 44.0 Å². The highest BCUT2D eigenvalue weighted by atomic mass is 32.2. The fourth-order valence-corrected chi connectivity index (χ4v) is 4.05. The first-order valence-electron chi connectivity index (χ1n) is 7.92. The lowest BCUT2D eigenvalue weighted by Gasteiger charge is -2.34. The molecule has 1 aliphatic carbocycles. The van der Waals surface area contributed by atoms with Gasteiger partial charge in [-0.25, -0.2) is 0 Å². The van der Waals surface area contributed by atoms with Crippen LogP contribution in [0.15, 0.2) is 23.1 Å². The van der Waals surface area contributed by atoms with Crippen LogP contribution in [0.2, 0.25) is 0 Å². The smallest absolute Gasteiger partial charge is 0.251 e. The molecule has 1 fully saturated rings. The Kier molecular flexibility index (Phi) is 4.43. The van der Waals surface area contributed by atoms with Crippen molar-refractivity contribution in [2.75, 3.05) is 11.1 Å². The Morgan fingerprint density at radius 1 is 1.32 bits per heavy atom. The molecule has 0 aromatic heterocycles. The highest BCUT2D eigenvalue weighted by Gasteiger charge is 2.28. The molecule has 0 unspecified atom stereocenters. The third-order valence-electron chi connectivity index (χ3n) is 4.90. The molecule has 22 heavy (non-hydrogen) atoms. The minimum absolute atomic E-state index is 0.00946. The van der Waals surface area contributed by atoms with Crippen molar-refractivity contribution in [3.8, 4) is 0 Å². The van der Waals surface area contributed by atoms with Gasteiger partial charge in [0.1, 0.15) is 0 Å². The van der Waals surface area contributed by atoms with Gasteiger partial charge in [-0.05, 0) is 36.5 Å². The summed E-state index contributed by atoms with van der Waals surface area (Å²) in [5.74, 6) is 1.54. The average Bonchev–Trinajstić information content (AvgIpc) is 2.51. The van der Waals surface area contributed by atoms with Crippen LogP contribution in [0.3, 0.4) is 0 Å². The molecule has 5 heteroatoms. The normalized spacial score (nSPS) is 27.7. The Hall–Kier alpha value is -1.49. The Bertz CT molecular complexity index is 602. The molecule has 3 rings (SSSR count). The average molecular weight is 318 g/mol. The summed E-state index contributed by atoms with van der Waals surface area (Å²) in [6, 6.07) is 5.79. The van der Waals surface area contributed by atoms with Gasteiger partial charge in [-0.2, -0.15) is 0 Å². The van der Waals surface area contributed by atoms with E-state index in [1.54, 1.807) is 6.07 Å². The second-order valence-corrected chi connectivity index (χ2v) is 7.41. The number of hydrogen-bond acceptors (Lipinski definition) is 3. The highest BCUT2D eigenvalue weighted by Crippen LogP contribution is 2.33. The van der Waals surface area contributed by atoms with Crippen molar-refractivity contribution in [1.29, 1.82) is 0 Å². The summed E-state index contributed by atoms with van der Waals surface area (Å²) < 4.78 is 0. The number of anilines is 1. The lowest BCUT2D eigenvalue weighted by molar-refractivity contribution is -0.113. The predicted molar refractivity (Wildman–Crippen MR) is 89.2 cm³/mol. The monoisotopic (exact) mass is 318 g/mol. The second kappa shape index (κ2) is 6.32. The summed E-state index contributed by atoms with van der Waals surface area (Å²) in [7, 11) is 0. The maximum absolute atomic E-state index is 12.5. The minimum atomic E-state index is -0.0430. The van der Waals surface area contributed by atoms with Gasteiger partial charge in [-0.15, -0.1) is 11.8 Å². The molecule has 3 atom stereocenters. The van der Waals surface area contributed by atoms with E-state index < -0.39 is 0 Å². The second-order valence-electron chi connectivity index (χ2n) is 6.40. The van der Waals surface area contributed by atoms with Crippen molar-refractivity contribution >= 4 is 29.3 Å². The van der Waals surface area contributed by atoms with Gasteiger partial charge in [-0.1, -0.05) is 26.7 Å². The van der Waals surface area contributed by atoms with Gasteiger partial charge in [0.05, 0.1) is 11.4 Å². The van der Waals surface area contributed by atoms with E-state index in [-0.39, 0.29) is 17.9 Å². The first kappa shape index (κ1) is 15.4. The van der Waals surface area contributed by atoms with E-state index >= 15 is 0 Å². The molecular formula is C17H22N2O2S.